The normalized spacial score (nSPS) is 10.8. The van der Waals surface area contributed by atoms with Gasteiger partial charge in [-0.3, -0.25) is 9.59 Å². The lowest BCUT2D eigenvalue weighted by molar-refractivity contribution is -0.114. The summed E-state index contributed by atoms with van der Waals surface area (Å²) < 4.78 is 3.47. The van der Waals surface area contributed by atoms with E-state index in [9.17, 15) is 9.59 Å². The number of nitrogens with zero attached hydrogens (tertiary/aromatic N) is 6. The second kappa shape index (κ2) is 9.45. The molecule has 0 atom stereocenters. The topological polar surface area (TPSA) is 118 Å². The number of aryl methyl sites for hydroxylation is 1. The highest BCUT2D eigenvalue weighted by Crippen LogP contribution is 2.26. The summed E-state index contributed by atoms with van der Waals surface area (Å²) in [5, 5.41) is 24.8. The van der Waals surface area contributed by atoms with E-state index in [2.05, 4.69) is 26.9 Å². The number of Topliss-reactive ketones (excluding diaryl/α,β-unsaturated/α-hetero) is 1. The number of ketones is 1. The first-order chi connectivity index (χ1) is 15.6. The molecule has 0 saturated carbocycles. The lowest BCUT2D eigenvalue weighted by Gasteiger charge is -2.07. The minimum atomic E-state index is -0.173. The Morgan fingerprint density at radius 1 is 1.19 bits per heavy atom. The van der Waals surface area contributed by atoms with Crippen LogP contribution in [0.4, 0.5) is 5.69 Å². The monoisotopic (exact) mass is 445 g/mol. The quantitative estimate of drug-likeness (QED) is 0.326. The summed E-state index contributed by atoms with van der Waals surface area (Å²) >= 11 is 1.24. The van der Waals surface area contributed by atoms with Crippen molar-refractivity contribution in [2.75, 3.05) is 11.1 Å². The number of amides is 1. The van der Waals surface area contributed by atoms with E-state index in [1.54, 1.807) is 18.2 Å². The minimum Gasteiger partial charge on any atom is -0.346 e. The highest BCUT2D eigenvalue weighted by molar-refractivity contribution is 7.99. The van der Waals surface area contributed by atoms with Crippen LogP contribution in [0.3, 0.4) is 0 Å². The summed E-state index contributed by atoms with van der Waals surface area (Å²) in [5.74, 6) is -0.0747. The van der Waals surface area contributed by atoms with Crippen molar-refractivity contribution in [2.45, 2.75) is 25.0 Å². The first-order valence-corrected chi connectivity index (χ1v) is 10.8. The number of tetrazole rings is 1. The number of carbonyl (C=O) groups excluding carboxylic acids is 2. The zero-order valence-electron chi connectivity index (χ0n) is 17.2. The zero-order valence-corrected chi connectivity index (χ0v) is 18.0. The van der Waals surface area contributed by atoms with Gasteiger partial charge >= 0.3 is 0 Å². The Balaban J connectivity index is 1.54. The SMILES string of the molecule is CC(=O)Nc1cccc(-n2nnnc2SCC(=O)c2cn(CCC#N)c3ccccc23)c1. The first-order valence-electron chi connectivity index (χ1n) is 9.84. The fourth-order valence-electron chi connectivity index (χ4n) is 3.38. The van der Waals surface area contributed by atoms with Crippen LogP contribution in [0, 0.1) is 11.3 Å². The van der Waals surface area contributed by atoms with Crippen LogP contribution in [0.5, 0.6) is 0 Å². The Hall–Kier alpha value is -3.97. The molecule has 10 heteroatoms. The molecule has 0 aliphatic carbocycles. The molecule has 4 rings (SSSR count). The Kier molecular flexibility index (Phi) is 6.28. The van der Waals surface area contributed by atoms with E-state index in [0.717, 1.165) is 10.9 Å². The molecule has 0 spiro atoms. The summed E-state index contributed by atoms with van der Waals surface area (Å²) in [6, 6.07) is 16.9. The number of rotatable bonds is 8. The van der Waals surface area contributed by atoms with E-state index < -0.39 is 0 Å². The number of para-hydroxylation sites is 1. The van der Waals surface area contributed by atoms with Crippen molar-refractivity contribution in [3.63, 3.8) is 0 Å². The molecule has 1 N–H and O–H groups in total. The van der Waals surface area contributed by atoms with Crippen molar-refractivity contribution in [1.82, 2.24) is 24.8 Å². The maximum atomic E-state index is 13.0. The van der Waals surface area contributed by atoms with E-state index in [-0.39, 0.29) is 17.4 Å². The van der Waals surface area contributed by atoms with Crippen LogP contribution in [-0.2, 0) is 11.3 Å². The van der Waals surface area contributed by atoms with Crippen LogP contribution >= 0.6 is 11.8 Å². The number of fused-ring (bicyclic) bond motifs is 1. The van der Waals surface area contributed by atoms with Gasteiger partial charge in [0.1, 0.15) is 0 Å². The van der Waals surface area contributed by atoms with E-state index in [1.165, 1.54) is 23.4 Å². The molecular formula is C22H19N7O2S. The van der Waals surface area contributed by atoms with Gasteiger partial charge in [0.05, 0.1) is 23.9 Å². The van der Waals surface area contributed by atoms with E-state index >= 15 is 0 Å². The molecule has 0 aliphatic rings. The number of anilines is 1. The van der Waals surface area contributed by atoms with Crippen molar-refractivity contribution in [3.8, 4) is 11.8 Å². The van der Waals surface area contributed by atoms with Crippen LogP contribution in [-0.4, -0.2) is 42.2 Å². The van der Waals surface area contributed by atoms with Crippen LogP contribution < -0.4 is 5.32 Å². The third kappa shape index (κ3) is 4.53. The molecule has 0 saturated heterocycles. The maximum absolute atomic E-state index is 13.0. The summed E-state index contributed by atoms with van der Waals surface area (Å²) in [4.78, 5) is 24.4. The Morgan fingerprint density at radius 3 is 2.84 bits per heavy atom. The van der Waals surface area contributed by atoms with Gasteiger partial charge in [0.25, 0.3) is 0 Å². The molecule has 2 aromatic heterocycles. The molecule has 4 aromatic rings. The molecule has 0 fully saturated rings. The van der Waals surface area contributed by atoms with Crippen LogP contribution in [0.25, 0.3) is 16.6 Å². The van der Waals surface area contributed by atoms with Gasteiger partial charge in [-0.1, -0.05) is 36.0 Å². The standard InChI is InChI=1S/C22H19N7O2S/c1-15(30)24-16-6-4-7-17(12-16)29-22(25-26-27-29)32-14-21(31)19-13-28(11-5-10-23)20-9-3-2-8-18(19)20/h2-4,6-9,12-13H,5,11,14H2,1H3,(H,24,30). The Bertz CT molecular complexity index is 1340. The smallest absolute Gasteiger partial charge is 0.221 e. The van der Waals surface area contributed by atoms with Crippen LogP contribution in [0.1, 0.15) is 23.7 Å². The number of carbonyl (C=O) groups is 2. The van der Waals surface area contributed by atoms with Crippen molar-refractivity contribution in [3.05, 3.63) is 60.3 Å². The highest BCUT2D eigenvalue weighted by atomic mass is 32.2. The van der Waals surface area contributed by atoms with Gasteiger partial charge in [-0.05, 0) is 34.7 Å². The number of hydrogen-bond donors (Lipinski definition) is 1. The molecule has 1 amide bonds. The molecule has 2 aromatic carbocycles. The molecule has 160 valence electrons. The largest absolute Gasteiger partial charge is 0.346 e. The second-order valence-electron chi connectivity index (χ2n) is 6.98. The van der Waals surface area contributed by atoms with Gasteiger partial charge in [-0.15, -0.1) is 5.10 Å². The molecular weight excluding hydrogens is 426 g/mol. The van der Waals surface area contributed by atoms with Crippen LogP contribution in [0.15, 0.2) is 59.9 Å². The highest BCUT2D eigenvalue weighted by Gasteiger charge is 2.17. The number of nitriles is 1. The minimum absolute atomic E-state index is 0.0524. The number of aromatic nitrogens is 5. The zero-order chi connectivity index (χ0) is 22.5. The lowest BCUT2D eigenvalue weighted by Crippen LogP contribution is -2.07. The van der Waals surface area contributed by atoms with Crippen molar-refractivity contribution < 1.29 is 9.59 Å². The number of benzene rings is 2. The summed E-state index contributed by atoms with van der Waals surface area (Å²) in [7, 11) is 0. The van der Waals surface area contributed by atoms with Gasteiger partial charge in [0, 0.05) is 41.8 Å². The molecule has 0 radical (unpaired) electrons. The molecule has 2 heterocycles. The van der Waals surface area contributed by atoms with E-state index in [1.807, 2.05) is 41.1 Å². The third-order valence-corrected chi connectivity index (χ3v) is 5.66. The fourth-order valence-corrected chi connectivity index (χ4v) is 4.16. The average molecular weight is 446 g/mol. The van der Waals surface area contributed by atoms with E-state index in [4.69, 9.17) is 5.26 Å². The summed E-state index contributed by atoms with van der Waals surface area (Å²) in [6.45, 7) is 1.97. The van der Waals surface area contributed by atoms with Crippen molar-refractivity contribution in [2.24, 2.45) is 0 Å². The molecule has 0 unspecified atom stereocenters. The summed E-state index contributed by atoms with van der Waals surface area (Å²) in [5.41, 5.74) is 2.83. The number of nitrogens with one attached hydrogen (secondary N) is 1. The van der Waals surface area contributed by atoms with Gasteiger partial charge in [-0.25, -0.2) is 0 Å². The third-order valence-electron chi connectivity index (χ3n) is 4.74. The lowest BCUT2D eigenvalue weighted by atomic mass is 10.1. The van der Waals surface area contributed by atoms with Gasteiger partial charge < -0.3 is 9.88 Å². The first kappa shape index (κ1) is 21.3. The second-order valence-corrected chi connectivity index (χ2v) is 7.92. The predicted molar refractivity (Wildman–Crippen MR) is 121 cm³/mol. The predicted octanol–water partition coefficient (Wildman–Crippen LogP) is 3.46. The molecule has 0 aliphatic heterocycles. The van der Waals surface area contributed by atoms with Crippen LogP contribution in [0.2, 0.25) is 0 Å². The maximum Gasteiger partial charge on any atom is 0.221 e. The summed E-state index contributed by atoms with van der Waals surface area (Å²) in [6.07, 6.45) is 2.18. The van der Waals surface area contributed by atoms with E-state index in [0.29, 0.717) is 35.1 Å². The molecule has 9 nitrogen and oxygen atoms in total. The average Bonchev–Trinajstić information content (AvgIpc) is 3.41. The Labute approximate surface area is 188 Å². The van der Waals surface area contributed by atoms with Gasteiger partial charge in [-0.2, -0.15) is 9.94 Å². The number of hydrogen-bond acceptors (Lipinski definition) is 7. The molecule has 0 bridgehead atoms. The Morgan fingerprint density at radius 2 is 2.03 bits per heavy atom. The number of thioether (sulfide) groups is 1. The van der Waals surface area contributed by atoms with Crippen molar-refractivity contribution >= 4 is 40.0 Å². The molecule has 32 heavy (non-hydrogen) atoms. The fraction of sp³-hybridized carbons (Fsp3) is 0.182. The van der Waals surface area contributed by atoms with Gasteiger partial charge in [0.2, 0.25) is 11.1 Å². The van der Waals surface area contributed by atoms with Crippen molar-refractivity contribution in [1.29, 1.82) is 5.26 Å². The van der Waals surface area contributed by atoms with Gasteiger partial charge in [0.15, 0.2) is 5.78 Å².